The molecule has 16 heavy (non-hydrogen) atoms. The van der Waals surface area contributed by atoms with Gasteiger partial charge in [-0.15, -0.1) is 0 Å². The van der Waals surface area contributed by atoms with Crippen molar-refractivity contribution in [3.05, 3.63) is 28.8 Å². The summed E-state index contributed by atoms with van der Waals surface area (Å²) in [5.74, 6) is -0.711. The predicted octanol–water partition coefficient (Wildman–Crippen LogP) is 0.192. The van der Waals surface area contributed by atoms with Gasteiger partial charge in [0.1, 0.15) is 6.10 Å². The maximum absolute atomic E-state index is 10.6. The van der Waals surface area contributed by atoms with Gasteiger partial charge < -0.3 is 21.7 Å². The quantitative estimate of drug-likeness (QED) is 0.567. The lowest BCUT2D eigenvalue weighted by Crippen LogP contribution is -2.26. The van der Waals surface area contributed by atoms with Crippen molar-refractivity contribution in [2.45, 2.75) is 18.6 Å². The van der Waals surface area contributed by atoms with E-state index >= 15 is 0 Å². The molecule has 0 aliphatic carbocycles. The maximum atomic E-state index is 10.6. The minimum Gasteiger partial charge on any atom is -0.398 e. The molecule has 0 aromatic heterocycles. The van der Waals surface area contributed by atoms with Crippen molar-refractivity contribution in [2.24, 2.45) is 5.73 Å². The number of benzene rings is 1. The maximum Gasteiger partial charge on any atom is 0.220 e. The molecule has 0 radical (unpaired) electrons. The van der Waals surface area contributed by atoms with Gasteiger partial charge in [-0.1, -0.05) is 17.7 Å². The van der Waals surface area contributed by atoms with Crippen LogP contribution < -0.4 is 11.5 Å². The van der Waals surface area contributed by atoms with E-state index in [0.717, 1.165) is 0 Å². The summed E-state index contributed by atoms with van der Waals surface area (Å²) in [7, 11) is 0. The molecule has 2 unspecified atom stereocenters. The van der Waals surface area contributed by atoms with Gasteiger partial charge in [-0.05, 0) is 12.1 Å². The molecule has 1 aromatic rings. The van der Waals surface area contributed by atoms with Gasteiger partial charge in [-0.2, -0.15) is 0 Å². The van der Waals surface area contributed by atoms with E-state index in [0.29, 0.717) is 0 Å². The molecule has 1 rings (SSSR count). The van der Waals surface area contributed by atoms with Crippen LogP contribution in [0.5, 0.6) is 0 Å². The first-order chi connectivity index (χ1) is 7.43. The molecule has 0 bridgehead atoms. The van der Waals surface area contributed by atoms with E-state index < -0.39 is 18.1 Å². The third-order valence-corrected chi connectivity index (χ3v) is 2.49. The first kappa shape index (κ1) is 12.8. The highest BCUT2D eigenvalue weighted by atomic mass is 35.5. The summed E-state index contributed by atoms with van der Waals surface area (Å²) in [4.78, 5) is 10.6. The fourth-order valence-electron chi connectivity index (χ4n) is 1.38. The molecular formula is C10H13ClN2O3. The van der Waals surface area contributed by atoms with Gasteiger partial charge in [0, 0.05) is 16.3 Å². The minimum absolute atomic E-state index is 0.206. The summed E-state index contributed by atoms with van der Waals surface area (Å²) in [6, 6.07) is 4.70. The van der Waals surface area contributed by atoms with Crippen LogP contribution in [-0.4, -0.2) is 22.2 Å². The molecule has 88 valence electrons. The van der Waals surface area contributed by atoms with Gasteiger partial charge in [0.25, 0.3) is 0 Å². The molecule has 5 nitrogen and oxygen atoms in total. The Morgan fingerprint density at radius 1 is 1.44 bits per heavy atom. The fourth-order valence-corrected chi connectivity index (χ4v) is 1.67. The molecule has 1 aromatic carbocycles. The molecular weight excluding hydrogens is 232 g/mol. The van der Waals surface area contributed by atoms with Crippen LogP contribution in [-0.2, 0) is 4.79 Å². The molecule has 2 atom stereocenters. The number of hydrogen-bond acceptors (Lipinski definition) is 4. The molecule has 0 heterocycles. The molecule has 0 aliphatic rings. The highest BCUT2D eigenvalue weighted by molar-refractivity contribution is 6.31. The summed E-state index contributed by atoms with van der Waals surface area (Å²) in [6.07, 6.45) is -3.01. The van der Waals surface area contributed by atoms with E-state index in [1.807, 2.05) is 0 Å². The Bertz CT molecular complexity index is 377. The van der Waals surface area contributed by atoms with Crippen LogP contribution in [0, 0.1) is 0 Å². The molecule has 1 amide bonds. The topological polar surface area (TPSA) is 110 Å². The van der Waals surface area contributed by atoms with Gasteiger partial charge >= 0.3 is 0 Å². The second kappa shape index (κ2) is 5.16. The van der Waals surface area contributed by atoms with Crippen LogP contribution in [0.25, 0.3) is 0 Å². The minimum atomic E-state index is -1.33. The number of carbonyl (C=O) groups is 1. The number of hydrogen-bond donors (Lipinski definition) is 4. The summed E-state index contributed by atoms with van der Waals surface area (Å²) in [5.41, 5.74) is 11.0. The summed E-state index contributed by atoms with van der Waals surface area (Å²) in [6.45, 7) is 0. The third kappa shape index (κ3) is 2.85. The van der Waals surface area contributed by atoms with Crippen LogP contribution in [0.15, 0.2) is 18.2 Å². The first-order valence-electron chi connectivity index (χ1n) is 4.61. The predicted molar refractivity (Wildman–Crippen MR) is 60.6 cm³/mol. The van der Waals surface area contributed by atoms with Gasteiger partial charge in [0.15, 0.2) is 0 Å². The van der Waals surface area contributed by atoms with E-state index in [1.54, 1.807) is 12.1 Å². The lowest BCUT2D eigenvalue weighted by Gasteiger charge is -2.19. The molecule has 0 saturated carbocycles. The second-order valence-corrected chi connectivity index (χ2v) is 3.83. The lowest BCUT2D eigenvalue weighted by atomic mass is 10.0. The molecule has 6 heteroatoms. The lowest BCUT2D eigenvalue weighted by molar-refractivity contribution is -0.121. The molecule has 0 aliphatic heterocycles. The molecule has 6 N–H and O–H groups in total. The molecule has 0 saturated heterocycles. The molecule has 0 fully saturated rings. The number of primary amides is 1. The summed E-state index contributed by atoms with van der Waals surface area (Å²) in [5, 5.41) is 19.5. The number of halogens is 1. The van der Waals surface area contributed by atoms with Crippen molar-refractivity contribution in [3.63, 3.8) is 0 Å². The average Bonchev–Trinajstić information content (AvgIpc) is 2.16. The summed E-state index contributed by atoms with van der Waals surface area (Å²) >= 11 is 5.84. The Morgan fingerprint density at radius 3 is 2.56 bits per heavy atom. The zero-order valence-corrected chi connectivity index (χ0v) is 9.19. The number of aliphatic hydroxyl groups excluding tert-OH is 2. The van der Waals surface area contributed by atoms with Gasteiger partial charge in [0.2, 0.25) is 5.91 Å². The Kier molecular flexibility index (Phi) is 4.12. The van der Waals surface area contributed by atoms with Crippen molar-refractivity contribution < 1.29 is 15.0 Å². The number of nitrogens with two attached hydrogens (primary N) is 2. The first-order valence-corrected chi connectivity index (χ1v) is 4.99. The average molecular weight is 245 g/mol. The van der Waals surface area contributed by atoms with Crippen molar-refractivity contribution in [2.75, 3.05) is 5.73 Å². The highest BCUT2D eigenvalue weighted by Crippen LogP contribution is 2.31. The van der Waals surface area contributed by atoms with Crippen molar-refractivity contribution in [1.29, 1.82) is 0 Å². The monoisotopic (exact) mass is 244 g/mol. The zero-order chi connectivity index (χ0) is 12.3. The number of amides is 1. The Morgan fingerprint density at radius 2 is 2.06 bits per heavy atom. The molecule has 0 spiro atoms. The second-order valence-electron chi connectivity index (χ2n) is 3.43. The normalized spacial score (nSPS) is 14.4. The van der Waals surface area contributed by atoms with Gasteiger partial charge in [0.05, 0.1) is 12.5 Å². The number of rotatable bonds is 4. The fraction of sp³-hybridized carbons (Fsp3) is 0.300. The largest absolute Gasteiger partial charge is 0.398 e. The zero-order valence-electron chi connectivity index (χ0n) is 8.43. The number of nitrogen functional groups attached to an aromatic ring is 1. The van der Waals surface area contributed by atoms with Crippen LogP contribution in [0.4, 0.5) is 5.69 Å². The number of carbonyl (C=O) groups excluding carboxylic acids is 1. The van der Waals surface area contributed by atoms with Crippen molar-refractivity contribution in [1.82, 2.24) is 0 Å². The van der Waals surface area contributed by atoms with E-state index in [1.165, 1.54) is 6.07 Å². The number of anilines is 1. The van der Waals surface area contributed by atoms with Gasteiger partial charge in [-0.3, -0.25) is 4.79 Å². The van der Waals surface area contributed by atoms with Crippen LogP contribution in [0.2, 0.25) is 5.02 Å². The van der Waals surface area contributed by atoms with E-state index in [2.05, 4.69) is 0 Å². The summed E-state index contributed by atoms with van der Waals surface area (Å²) < 4.78 is 0. The highest BCUT2D eigenvalue weighted by Gasteiger charge is 2.24. The van der Waals surface area contributed by atoms with Crippen LogP contribution in [0.3, 0.4) is 0 Å². The third-order valence-electron chi connectivity index (χ3n) is 2.16. The van der Waals surface area contributed by atoms with Crippen LogP contribution in [0.1, 0.15) is 18.1 Å². The Balaban J connectivity index is 2.95. The van der Waals surface area contributed by atoms with E-state index in [-0.39, 0.29) is 22.7 Å². The van der Waals surface area contributed by atoms with Crippen molar-refractivity contribution >= 4 is 23.2 Å². The standard InChI is InChI=1S/C10H13ClN2O3/c11-5-2-1-3-6(12)9(5)10(16)7(14)4-8(13)15/h1-3,7,10,14,16H,4,12H2,(H2,13,15). The van der Waals surface area contributed by atoms with E-state index in [9.17, 15) is 15.0 Å². The Hall–Kier alpha value is -1.30. The van der Waals surface area contributed by atoms with Crippen LogP contribution >= 0.6 is 11.6 Å². The SMILES string of the molecule is NC(=O)CC(O)C(O)c1c(N)cccc1Cl. The van der Waals surface area contributed by atoms with E-state index in [4.69, 9.17) is 23.1 Å². The smallest absolute Gasteiger partial charge is 0.220 e. The Labute approximate surface area is 97.6 Å². The van der Waals surface area contributed by atoms with Crippen molar-refractivity contribution in [3.8, 4) is 0 Å². The van der Waals surface area contributed by atoms with Gasteiger partial charge in [-0.25, -0.2) is 0 Å². The number of aliphatic hydroxyl groups is 2.